The molecule has 6 heteroatoms. The van der Waals surface area contributed by atoms with Crippen LogP contribution in [0.1, 0.15) is 47.5 Å². The fourth-order valence-electron chi connectivity index (χ4n) is 2.44. The van der Waals surface area contributed by atoms with Crippen LogP contribution in [0.25, 0.3) is 0 Å². The molecule has 0 saturated heterocycles. The highest BCUT2D eigenvalue weighted by molar-refractivity contribution is 6.00. The molecule has 0 spiro atoms. The third kappa shape index (κ3) is 4.48. The van der Waals surface area contributed by atoms with E-state index in [-0.39, 0.29) is 41.7 Å². The van der Waals surface area contributed by atoms with Gasteiger partial charge in [-0.1, -0.05) is 19.1 Å². The average Bonchev–Trinajstić information content (AvgIpc) is 2.90. The fourth-order valence-corrected chi connectivity index (χ4v) is 2.44. The lowest BCUT2D eigenvalue weighted by Gasteiger charge is -2.07. The van der Waals surface area contributed by atoms with E-state index in [9.17, 15) is 14.9 Å². The molecule has 0 aliphatic rings. The number of ether oxygens (including phenoxy) is 1. The summed E-state index contributed by atoms with van der Waals surface area (Å²) in [5.41, 5.74) is 1.46. The molecular formula is C19H20N2O4. The van der Waals surface area contributed by atoms with Crippen molar-refractivity contribution in [1.82, 2.24) is 0 Å². The quantitative estimate of drug-likeness (QED) is 0.777. The van der Waals surface area contributed by atoms with Crippen molar-refractivity contribution < 1.29 is 18.7 Å². The van der Waals surface area contributed by atoms with E-state index in [0.717, 1.165) is 6.42 Å². The minimum atomic E-state index is -0.356. The highest BCUT2D eigenvalue weighted by Gasteiger charge is 2.22. The minimum Gasteiger partial charge on any atom is -0.493 e. The van der Waals surface area contributed by atoms with Gasteiger partial charge in [0.15, 0.2) is 5.78 Å². The van der Waals surface area contributed by atoms with Gasteiger partial charge in [-0.05, 0) is 38.0 Å². The number of nitrogens with one attached hydrogen (secondary N) is 1. The summed E-state index contributed by atoms with van der Waals surface area (Å²) in [6, 6.07) is 9.58. The SMILES string of the molecule is CCc1ccc(OCCC(=O)Nc2oc(C)c(C(C)=O)c2C#N)cc1. The number of furan rings is 1. The first-order valence-electron chi connectivity index (χ1n) is 8.02. The number of rotatable bonds is 7. The van der Waals surface area contributed by atoms with E-state index in [0.29, 0.717) is 11.5 Å². The van der Waals surface area contributed by atoms with Crippen molar-refractivity contribution in [2.24, 2.45) is 0 Å². The molecule has 0 unspecified atom stereocenters. The molecule has 1 N–H and O–H groups in total. The molecular weight excluding hydrogens is 320 g/mol. The standard InChI is InChI=1S/C19H20N2O4/c1-4-14-5-7-15(8-6-14)24-10-9-17(23)21-19-16(11-20)18(12(2)22)13(3)25-19/h5-8H,4,9-10H2,1-3H3,(H,21,23). The number of ketones is 1. The number of amides is 1. The largest absolute Gasteiger partial charge is 0.493 e. The van der Waals surface area contributed by atoms with Crippen molar-refractivity contribution in [3.8, 4) is 11.8 Å². The Morgan fingerprint density at radius 2 is 1.96 bits per heavy atom. The molecule has 130 valence electrons. The zero-order valence-corrected chi connectivity index (χ0v) is 14.5. The Hall–Kier alpha value is -3.07. The van der Waals surface area contributed by atoms with Gasteiger partial charge in [-0.15, -0.1) is 0 Å². The summed E-state index contributed by atoms with van der Waals surface area (Å²) in [6.07, 6.45) is 1.05. The Balaban J connectivity index is 1.93. The maximum absolute atomic E-state index is 12.0. The number of anilines is 1. The molecule has 0 atom stereocenters. The maximum atomic E-state index is 12.0. The Bertz CT molecular complexity index is 813. The maximum Gasteiger partial charge on any atom is 0.230 e. The van der Waals surface area contributed by atoms with Gasteiger partial charge in [0, 0.05) is 0 Å². The molecule has 0 saturated carbocycles. The lowest BCUT2D eigenvalue weighted by molar-refractivity contribution is -0.116. The monoisotopic (exact) mass is 340 g/mol. The van der Waals surface area contributed by atoms with Crippen LogP contribution < -0.4 is 10.1 Å². The summed E-state index contributed by atoms with van der Waals surface area (Å²) in [7, 11) is 0. The minimum absolute atomic E-state index is 0.00231. The summed E-state index contributed by atoms with van der Waals surface area (Å²) in [5, 5.41) is 11.7. The van der Waals surface area contributed by atoms with Gasteiger partial charge in [-0.3, -0.25) is 14.9 Å². The molecule has 0 radical (unpaired) electrons. The molecule has 1 aromatic heterocycles. The molecule has 25 heavy (non-hydrogen) atoms. The van der Waals surface area contributed by atoms with Gasteiger partial charge >= 0.3 is 0 Å². The predicted molar refractivity (Wildman–Crippen MR) is 92.7 cm³/mol. The van der Waals surface area contributed by atoms with Crippen molar-refractivity contribution in [2.45, 2.75) is 33.6 Å². The second kappa shape index (κ2) is 8.15. The van der Waals surface area contributed by atoms with Gasteiger partial charge < -0.3 is 9.15 Å². The Morgan fingerprint density at radius 3 is 2.52 bits per heavy atom. The second-order valence-corrected chi connectivity index (χ2v) is 5.55. The number of carbonyl (C=O) groups is 2. The zero-order chi connectivity index (χ0) is 18.4. The van der Waals surface area contributed by atoms with E-state index < -0.39 is 0 Å². The smallest absolute Gasteiger partial charge is 0.230 e. The van der Waals surface area contributed by atoms with Gasteiger partial charge in [0.1, 0.15) is 23.1 Å². The lowest BCUT2D eigenvalue weighted by atomic mass is 10.1. The van der Waals surface area contributed by atoms with E-state index in [1.807, 2.05) is 30.3 Å². The second-order valence-electron chi connectivity index (χ2n) is 5.55. The number of nitrogens with zero attached hydrogens (tertiary/aromatic N) is 1. The summed E-state index contributed by atoms with van der Waals surface area (Å²) >= 11 is 0. The van der Waals surface area contributed by atoms with Crippen molar-refractivity contribution in [3.63, 3.8) is 0 Å². The molecule has 0 bridgehead atoms. The summed E-state index contributed by atoms with van der Waals surface area (Å²) in [4.78, 5) is 23.6. The number of hydrogen-bond acceptors (Lipinski definition) is 5. The summed E-state index contributed by atoms with van der Waals surface area (Å²) in [5.74, 6) is 0.368. The van der Waals surface area contributed by atoms with Gasteiger partial charge in [0.2, 0.25) is 11.8 Å². The van der Waals surface area contributed by atoms with Crippen molar-refractivity contribution in [3.05, 3.63) is 46.7 Å². The van der Waals surface area contributed by atoms with E-state index in [2.05, 4.69) is 12.2 Å². The zero-order valence-electron chi connectivity index (χ0n) is 14.5. The summed E-state index contributed by atoms with van der Waals surface area (Å²) < 4.78 is 10.9. The van der Waals surface area contributed by atoms with Crippen LogP contribution in [0.5, 0.6) is 5.75 Å². The molecule has 1 aromatic carbocycles. The highest BCUT2D eigenvalue weighted by Crippen LogP contribution is 2.26. The topological polar surface area (TPSA) is 92.3 Å². The third-order valence-electron chi connectivity index (χ3n) is 3.73. The van der Waals surface area contributed by atoms with Gasteiger partial charge in [-0.2, -0.15) is 5.26 Å². The molecule has 1 amide bonds. The number of Topliss-reactive ketones (excluding diaryl/α,β-unsaturated/α-hetero) is 1. The molecule has 2 aromatic rings. The molecule has 0 aliphatic carbocycles. The van der Waals surface area contributed by atoms with Crippen LogP contribution in [0.4, 0.5) is 5.88 Å². The normalized spacial score (nSPS) is 10.2. The van der Waals surface area contributed by atoms with Crippen molar-refractivity contribution in [2.75, 3.05) is 11.9 Å². The van der Waals surface area contributed by atoms with E-state index in [1.165, 1.54) is 12.5 Å². The van der Waals surface area contributed by atoms with Crippen LogP contribution in [-0.4, -0.2) is 18.3 Å². The highest BCUT2D eigenvalue weighted by atomic mass is 16.5. The van der Waals surface area contributed by atoms with Gasteiger partial charge in [0.25, 0.3) is 0 Å². The van der Waals surface area contributed by atoms with E-state index >= 15 is 0 Å². The predicted octanol–water partition coefficient (Wildman–Crippen LogP) is 3.63. The number of aryl methyl sites for hydroxylation is 2. The van der Waals surface area contributed by atoms with Crippen LogP contribution >= 0.6 is 0 Å². The molecule has 0 fully saturated rings. The van der Waals surface area contributed by atoms with Crippen LogP contribution in [0.2, 0.25) is 0 Å². The third-order valence-corrected chi connectivity index (χ3v) is 3.73. The van der Waals surface area contributed by atoms with Crippen LogP contribution in [-0.2, 0) is 11.2 Å². The first-order valence-corrected chi connectivity index (χ1v) is 8.02. The van der Waals surface area contributed by atoms with Crippen LogP contribution in [0, 0.1) is 18.3 Å². The molecule has 1 heterocycles. The number of hydrogen-bond donors (Lipinski definition) is 1. The Morgan fingerprint density at radius 1 is 1.28 bits per heavy atom. The number of carbonyl (C=O) groups excluding carboxylic acids is 2. The van der Waals surface area contributed by atoms with E-state index in [4.69, 9.17) is 9.15 Å². The molecule has 2 rings (SSSR count). The van der Waals surface area contributed by atoms with Gasteiger partial charge in [-0.25, -0.2) is 0 Å². The summed E-state index contributed by atoms with van der Waals surface area (Å²) in [6.45, 7) is 5.19. The van der Waals surface area contributed by atoms with Crippen LogP contribution in [0.3, 0.4) is 0 Å². The Labute approximate surface area is 146 Å². The number of nitriles is 1. The molecule has 6 nitrogen and oxygen atoms in total. The average molecular weight is 340 g/mol. The van der Waals surface area contributed by atoms with Crippen molar-refractivity contribution in [1.29, 1.82) is 5.26 Å². The first-order chi connectivity index (χ1) is 12.0. The Kier molecular flexibility index (Phi) is 5.96. The number of benzene rings is 1. The van der Waals surface area contributed by atoms with E-state index in [1.54, 1.807) is 6.92 Å². The van der Waals surface area contributed by atoms with Crippen LogP contribution in [0.15, 0.2) is 28.7 Å². The fraction of sp³-hybridized carbons (Fsp3) is 0.316. The lowest BCUT2D eigenvalue weighted by Crippen LogP contribution is -2.15. The van der Waals surface area contributed by atoms with Gasteiger partial charge in [0.05, 0.1) is 18.6 Å². The first kappa shape index (κ1) is 18.3. The molecule has 0 aliphatic heterocycles. The van der Waals surface area contributed by atoms with Crippen molar-refractivity contribution >= 4 is 17.6 Å².